The van der Waals surface area contributed by atoms with Crippen LogP contribution in [0, 0.1) is 0 Å². The molecule has 2 heteroatoms. The maximum absolute atomic E-state index is 11.8. The molecule has 0 aliphatic rings. The summed E-state index contributed by atoms with van der Waals surface area (Å²) in [6.07, 6.45) is 0. The van der Waals surface area contributed by atoms with E-state index in [0.717, 1.165) is 32.7 Å². The van der Waals surface area contributed by atoms with Gasteiger partial charge < -0.3 is 4.74 Å². The van der Waals surface area contributed by atoms with E-state index in [2.05, 4.69) is 60.7 Å². The minimum atomic E-state index is -0.315. The summed E-state index contributed by atoms with van der Waals surface area (Å²) in [5.41, 5.74) is 4.67. The molecule has 0 amide bonds. The van der Waals surface area contributed by atoms with Crippen LogP contribution in [-0.4, -0.2) is 5.97 Å². The molecule has 5 aromatic carbocycles. The number of hydrogen-bond acceptors (Lipinski definition) is 2. The van der Waals surface area contributed by atoms with Crippen LogP contribution in [0.25, 0.3) is 43.8 Å². The van der Waals surface area contributed by atoms with Crippen molar-refractivity contribution in [2.45, 2.75) is 6.92 Å². The van der Waals surface area contributed by atoms with Crippen LogP contribution in [0.1, 0.15) is 6.92 Å². The number of fused-ring (bicyclic) bond motifs is 2. The Hall–Kier alpha value is -3.91. The molecular formula is C28H20O2. The Balaban J connectivity index is 1.78. The Morgan fingerprint density at radius 2 is 0.967 bits per heavy atom. The Morgan fingerprint density at radius 1 is 0.533 bits per heavy atom. The molecule has 0 saturated carbocycles. The second-order valence-corrected chi connectivity index (χ2v) is 7.33. The molecule has 0 atom stereocenters. The van der Waals surface area contributed by atoms with Gasteiger partial charge in [-0.3, -0.25) is 4.79 Å². The fourth-order valence-electron chi connectivity index (χ4n) is 4.11. The summed E-state index contributed by atoms with van der Waals surface area (Å²) in [6.45, 7) is 1.44. The second kappa shape index (κ2) is 7.49. The molecule has 5 aromatic rings. The van der Waals surface area contributed by atoms with Crippen LogP contribution in [-0.2, 0) is 4.79 Å². The van der Waals surface area contributed by atoms with E-state index in [9.17, 15) is 4.79 Å². The largest absolute Gasteiger partial charge is 0.425 e. The number of carbonyl (C=O) groups excluding carboxylic acids is 1. The molecular weight excluding hydrogens is 368 g/mol. The van der Waals surface area contributed by atoms with Gasteiger partial charge in [-0.2, -0.15) is 0 Å². The van der Waals surface area contributed by atoms with Crippen LogP contribution >= 0.6 is 0 Å². The Labute approximate surface area is 175 Å². The third-order valence-corrected chi connectivity index (χ3v) is 5.41. The maximum atomic E-state index is 11.8. The molecule has 5 rings (SSSR count). The van der Waals surface area contributed by atoms with Crippen LogP contribution < -0.4 is 4.74 Å². The molecule has 2 nitrogen and oxygen atoms in total. The summed E-state index contributed by atoms with van der Waals surface area (Å²) in [7, 11) is 0. The average molecular weight is 388 g/mol. The van der Waals surface area contributed by atoms with Crippen molar-refractivity contribution in [3.05, 3.63) is 103 Å². The van der Waals surface area contributed by atoms with Crippen molar-refractivity contribution in [3.63, 3.8) is 0 Å². The van der Waals surface area contributed by atoms with Crippen LogP contribution in [0.3, 0.4) is 0 Å². The summed E-state index contributed by atoms with van der Waals surface area (Å²) < 4.78 is 5.67. The van der Waals surface area contributed by atoms with Crippen molar-refractivity contribution >= 4 is 27.5 Å². The summed E-state index contributed by atoms with van der Waals surface area (Å²) in [5, 5.41) is 4.02. The van der Waals surface area contributed by atoms with Gasteiger partial charge in [0.25, 0.3) is 0 Å². The van der Waals surface area contributed by atoms with E-state index in [4.69, 9.17) is 4.74 Å². The quantitative estimate of drug-likeness (QED) is 0.185. The number of carbonyl (C=O) groups is 1. The van der Waals surface area contributed by atoms with E-state index >= 15 is 0 Å². The standard InChI is InChI=1S/C28H20O2/c1-19(29)30-28-25-13-7-5-11-23(25)27(24-12-6-8-14-26(24)28)22-17-15-21(16-18-22)20-9-3-2-4-10-20/h2-18H,1H3. The topological polar surface area (TPSA) is 26.3 Å². The molecule has 0 bridgehead atoms. The Morgan fingerprint density at radius 3 is 1.50 bits per heavy atom. The predicted octanol–water partition coefficient (Wildman–Crippen LogP) is 7.25. The van der Waals surface area contributed by atoms with E-state index in [1.54, 1.807) is 0 Å². The van der Waals surface area contributed by atoms with Crippen LogP contribution in [0.15, 0.2) is 103 Å². The van der Waals surface area contributed by atoms with Crippen molar-refractivity contribution in [1.29, 1.82) is 0 Å². The van der Waals surface area contributed by atoms with E-state index in [-0.39, 0.29) is 5.97 Å². The highest BCUT2D eigenvalue weighted by molar-refractivity contribution is 6.17. The molecule has 144 valence electrons. The monoisotopic (exact) mass is 388 g/mol. The van der Waals surface area contributed by atoms with Gasteiger partial charge in [-0.25, -0.2) is 0 Å². The van der Waals surface area contributed by atoms with Gasteiger partial charge in [0.15, 0.2) is 0 Å². The zero-order chi connectivity index (χ0) is 20.5. The number of hydrogen-bond donors (Lipinski definition) is 0. The van der Waals surface area contributed by atoms with Crippen molar-refractivity contribution in [3.8, 4) is 28.0 Å². The van der Waals surface area contributed by atoms with Gasteiger partial charge in [-0.15, -0.1) is 0 Å². The Bertz CT molecular complexity index is 1310. The van der Waals surface area contributed by atoms with Gasteiger partial charge in [0.1, 0.15) is 5.75 Å². The van der Waals surface area contributed by atoms with Gasteiger partial charge in [0.2, 0.25) is 0 Å². The molecule has 0 radical (unpaired) electrons. The van der Waals surface area contributed by atoms with Gasteiger partial charge in [0.05, 0.1) is 0 Å². The van der Waals surface area contributed by atoms with Gasteiger partial charge in [-0.1, -0.05) is 103 Å². The van der Waals surface area contributed by atoms with Crippen molar-refractivity contribution in [2.75, 3.05) is 0 Å². The first kappa shape index (κ1) is 18.1. The summed E-state index contributed by atoms with van der Waals surface area (Å²) >= 11 is 0. The third-order valence-electron chi connectivity index (χ3n) is 5.41. The zero-order valence-electron chi connectivity index (χ0n) is 16.6. The van der Waals surface area contributed by atoms with Crippen molar-refractivity contribution in [2.24, 2.45) is 0 Å². The maximum Gasteiger partial charge on any atom is 0.308 e. The summed E-state index contributed by atoms with van der Waals surface area (Å²) in [5.74, 6) is 0.309. The van der Waals surface area contributed by atoms with E-state index in [0.29, 0.717) is 5.75 Å². The summed E-state index contributed by atoms with van der Waals surface area (Å²) in [4.78, 5) is 11.8. The number of rotatable bonds is 3. The summed E-state index contributed by atoms with van der Waals surface area (Å²) in [6, 6.07) is 35.3. The highest BCUT2D eigenvalue weighted by Gasteiger charge is 2.17. The van der Waals surface area contributed by atoms with E-state index in [1.165, 1.54) is 18.1 Å². The molecule has 0 spiro atoms. The van der Waals surface area contributed by atoms with E-state index in [1.807, 2.05) is 42.5 Å². The van der Waals surface area contributed by atoms with E-state index < -0.39 is 0 Å². The first-order valence-electron chi connectivity index (χ1n) is 10.00. The predicted molar refractivity (Wildman–Crippen MR) is 124 cm³/mol. The smallest absolute Gasteiger partial charge is 0.308 e. The molecule has 0 fully saturated rings. The minimum Gasteiger partial charge on any atom is -0.425 e. The first-order valence-corrected chi connectivity index (χ1v) is 10.00. The fourth-order valence-corrected chi connectivity index (χ4v) is 4.11. The molecule has 0 unspecified atom stereocenters. The van der Waals surface area contributed by atoms with Gasteiger partial charge in [0, 0.05) is 17.7 Å². The van der Waals surface area contributed by atoms with Gasteiger partial charge >= 0.3 is 5.97 Å². The average Bonchev–Trinajstić information content (AvgIpc) is 2.80. The zero-order valence-corrected chi connectivity index (χ0v) is 16.6. The third kappa shape index (κ3) is 3.13. The lowest BCUT2D eigenvalue weighted by molar-refractivity contribution is -0.131. The highest BCUT2D eigenvalue weighted by Crippen LogP contribution is 2.43. The highest BCUT2D eigenvalue weighted by atomic mass is 16.5. The van der Waals surface area contributed by atoms with Crippen molar-refractivity contribution in [1.82, 2.24) is 0 Å². The normalized spacial score (nSPS) is 11.0. The number of benzene rings is 5. The van der Waals surface area contributed by atoms with Crippen LogP contribution in [0.2, 0.25) is 0 Å². The lowest BCUT2D eigenvalue weighted by atomic mass is 9.90. The fraction of sp³-hybridized carbons (Fsp3) is 0.0357. The Kier molecular flexibility index (Phi) is 4.53. The van der Waals surface area contributed by atoms with Crippen LogP contribution in [0.5, 0.6) is 5.75 Å². The lowest BCUT2D eigenvalue weighted by Gasteiger charge is -2.16. The molecule has 30 heavy (non-hydrogen) atoms. The molecule has 0 heterocycles. The van der Waals surface area contributed by atoms with Crippen LogP contribution in [0.4, 0.5) is 0 Å². The molecule has 0 aliphatic carbocycles. The molecule has 0 aromatic heterocycles. The molecule has 0 aliphatic heterocycles. The molecule has 0 saturated heterocycles. The minimum absolute atomic E-state index is 0.315. The first-order chi connectivity index (χ1) is 14.7. The van der Waals surface area contributed by atoms with Gasteiger partial charge in [-0.05, 0) is 33.0 Å². The number of esters is 1. The lowest BCUT2D eigenvalue weighted by Crippen LogP contribution is -2.03. The SMILES string of the molecule is CC(=O)Oc1c2ccccc2c(-c2ccc(-c3ccccc3)cc2)c2ccccc12. The molecule has 0 N–H and O–H groups in total. The van der Waals surface area contributed by atoms with Crippen molar-refractivity contribution < 1.29 is 9.53 Å². The second-order valence-electron chi connectivity index (χ2n) is 7.33. The number of ether oxygens (including phenoxy) is 1.